The molecule has 2 N–H and O–H groups in total. The fraction of sp³-hybridized carbons (Fsp3) is 0.972. The van der Waals surface area contributed by atoms with E-state index in [4.69, 9.17) is 4.74 Å². The summed E-state index contributed by atoms with van der Waals surface area (Å²) >= 11 is 0. The molecular weight excluding hydrogens is 524 g/mol. The van der Waals surface area contributed by atoms with E-state index >= 15 is 0 Å². The summed E-state index contributed by atoms with van der Waals surface area (Å²) in [6, 6.07) is 0.647. The highest BCUT2D eigenvalue weighted by atomic mass is 16.6. The molecule has 6 aliphatic rings. The maximum atomic E-state index is 12.9. The zero-order valence-electron chi connectivity index (χ0n) is 27.3. The Kier molecular flexibility index (Phi) is 9.27. The molecule has 11 atom stereocenters. The number of hydrogen-bond donors (Lipinski definition) is 2. The molecule has 0 radical (unpaired) electrons. The van der Waals surface area contributed by atoms with Crippen LogP contribution >= 0.6 is 0 Å². The standard InChI is InChI=1S/C36H62N2O4/c1-5-27-31-23-26(39)11-16-36(31,4)30-12-17-35(3)28(9-10-29(35)32(30)33(27)40)24(2)15-22-42-34(41)38-20-13-25(14-21-38)37-18-7-6-8-19-37/h24-33,39-40H,5-23H2,1-4H3/t24-,26-,27-,28?,29+,30?,31?,32?,33-,35?,36+/m1/s1. The van der Waals surface area contributed by atoms with Gasteiger partial charge in [-0.1, -0.05) is 40.5 Å². The van der Waals surface area contributed by atoms with Crippen LogP contribution in [0, 0.1) is 52.3 Å². The number of carbonyl (C=O) groups is 1. The van der Waals surface area contributed by atoms with Crippen molar-refractivity contribution in [2.45, 2.75) is 136 Å². The molecule has 4 saturated carbocycles. The predicted molar refractivity (Wildman–Crippen MR) is 167 cm³/mol. The molecule has 0 spiro atoms. The van der Waals surface area contributed by atoms with Crippen molar-refractivity contribution in [3.8, 4) is 0 Å². The second-order valence-electron chi connectivity index (χ2n) is 16.3. The minimum absolute atomic E-state index is 0.105. The Bertz CT molecular complexity index is 931. The monoisotopic (exact) mass is 586 g/mol. The van der Waals surface area contributed by atoms with Gasteiger partial charge in [-0.25, -0.2) is 4.79 Å². The van der Waals surface area contributed by atoms with Crippen LogP contribution in [0.4, 0.5) is 4.79 Å². The molecule has 2 heterocycles. The normalized spacial score (nSPS) is 45.5. The Morgan fingerprint density at radius 2 is 1.57 bits per heavy atom. The number of ether oxygens (including phenoxy) is 1. The summed E-state index contributed by atoms with van der Waals surface area (Å²) < 4.78 is 5.89. The van der Waals surface area contributed by atoms with Gasteiger partial charge in [-0.3, -0.25) is 0 Å². The number of carbonyl (C=O) groups excluding carboxylic acids is 1. The maximum Gasteiger partial charge on any atom is 0.409 e. The summed E-state index contributed by atoms with van der Waals surface area (Å²) in [5, 5.41) is 22.5. The third-order valence-corrected chi connectivity index (χ3v) is 14.6. The van der Waals surface area contributed by atoms with Gasteiger partial charge in [0, 0.05) is 19.1 Å². The van der Waals surface area contributed by atoms with Crippen molar-refractivity contribution in [3.05, 3.63) is 0 Å². The number of nitrogens with zero attached hydrogens (tertiary/aromatic N) is 2. The van der Waals surface area contributed by atoms with E-state index in [0.717, 1.165) is 58.0 Å². The van der Waals surface area contributed by atoms with E-state index in [1.165, 1.54) is 58.0 Å². The van der Waals surface area contributed by atoms with Gasteiger partial charge in [-0.05, 0) is 142 Å². The highest BCUT2D eigenvalue weighted by Gasteiger charge is 2.64. The molecule has 2 aliphatic heterocycles. The molecule has 6 fully saturated rings. The van der Waals surface area contributed by atoms with Crippen molar-refractivity contribution in [3.63, 3.8) is 0 Å². The molecule has 240 valence electrons. The average molecular weight is 587 g/mol. The first-order valence-electron chi connectivity index (χ1n) is 18.2. The van der Waals surface area contributed by atoms with Crippen molar-refractivity contribution in [2.24, 2.45) is 52.3 Å². The number of piperidine rings is 2. The number of hydrogen-bond acceptors (Lipinski definition) is 5. The average Bonchev–Trinajstić information content (AvgIpc) is 3.36. The second kappa shape index (κ2) is 12.5. The van der Waals surface area contributed by atoms with Crippen LogP contribution in [0.2, 0.25) is 0 Å². The number of aliphatic hydroxyl groups is 2. The van der Waals surface area contributed by atoms with Gasteiger partial charge in [-0.2, -0.15) is 0 Å². The van der Waals surface area contributed by atoms with E-state index < -0.39 is 0 Å². The summed E-state index contributed by atoms with van der Waals surface area (Å²) in [5.41, 5.74) is 0.517. The topological polar surface area (TPSA) is 73.2 Å². The van der Waals surface area contributed by atoms with E-state index in [9.17, 15) is 15.0 Å². The maximum absolute atomic E-state index is 12.9. The van der Waals surface area contributed by atoms with Crippen LogP contribution in [-0.2, 0) is 4.74 Å². The van der Waals surface area contributed by atoms with Crippen molar-refractivity contribution < 1.29 is 19.7 Å². The molecular formula is C36H62N2O4. The molecule has 6 rings (SSSR count). The Balaban J connectivity index is 1.03. The zero-order chi connectivity index (χ0) is 29.6. The summed E-state index contributed by atoms with van der Waals surface area (Å²) in [6.07, 6.45) is 15.5. The zero-order valence-corrected chi connectivity index (χ0v) is 27.3. The number of aliphatic hydroxyl groups excluding tert-OH is 2. The second-order valence-corrected chi connectivity index (χ2v) is 16.3. The highest BCUT2D eigenvalue weighted by Crippen LogP contribution is 2.69. The van der Waals surface area contributed by atoms with Gasteiger partial charge in [0.25, 0.3) is 0 Å². The Morgan fingerprint density at radius 1 is 0.881 bits per heavy atom. The highest BCUT2D eigenvalue weighted by molar-refractivity contribution is 5.67. The van der Waals surface area contributed by atoms with Gasteiger partial charge in [0.05, 0.1) is 18.8 Å². The Labute approximate surface area is 256 Å². The van der Waals surface area contributed by atoms with Gasteiger partial charge >= 0.3 is 6.09 Å². The first-order valence-corrected chi connectivity index (χ1v) is 18.2. The Morgan fingerprint density at radius 3 is 2.29 bits per heavy atom. The lowest BCUT2D eigenvalue weighted by Gasteiger charge is -2.64. The molecule has 0 aromatic carbocycles. The lowest BCUT2D eigenvalue weighted by Crippen LogP contribution is -2.62. The Hall–Kier alpha value is -0.850. The minimum atomic E-state index is -0.234. The van der Waals surface area contributed by atoms with Gasteiger partial charge in [-0.15, -0.1) is 0 Å². The van der Waals surface area contributed by atoms with Crippen LogP contribution in [0.3, 0.4) is 0 Å². The number of likely N-dealkylation sites (tertiary alicyclic amines) is 2. The third-order valence-electron chi connectivity index (χ3n) is 14.6. The lowest BCUT2D eigenvalue weighted by atomic mass is 9.41. The largest absolute Gasteiger partial charge is 0.449 e. The summed E-state index contributed by atoms with van der Waals surface area (Å²) in [7, 11) is 0. The van der Waals surface area contributed by atoms with E-state index in [1.54, 1.807) is 0 Å². The fourth-order valence-electron chi connectivity index (χ4n) is 12.3. The predicted octanol–water partition coefficient (Wildman–Crippen LogP) is 6.73. The van der Waals surface area contributed by atoms with Gasteiger partial charge < -0.3 is 24.7 Å². The third kappa shape index (κ3) is 5.46. The van der Waals surface area contributed by atoms with Crippen LogP contribution in [0.25, 0.3) is 0 Å². The molecule has 4 aliphatic carbocycles. The molecule has 6 nitrogen and oxygen atoms in total. The summed E-state index contributed by atoms with van der Waals surface area (Å²) in [4.78, 5) is 17.5. The molecule has 1 amide bonds. The molecule has 5 unspecified atom stereocenters. The number of fused-ring (bicyclic) bond motifs is 5. The number of rotatable bonds is 6. The smallest absolute Gasteiger partial charge is 0.409 e. The van der Waals surface area contributed by atoms with Crippen molar-refractivity contribution in [1.82, 2.24) is 9.80 Å². The summed E-state index contributed by atoms with van der Waals surface area (Å²) in [6.45, 7) is 14.4. The van der Waals surface area contributed by atoms with E-state index in [-0.39, 0.29) is 29.1 Å². The number of amides is 1. The van der Waals surface area contributed by atoms with Crippen LogP contribution in [0.15, 0.2) is 0 Å². The lowest BCUT2D eigenvalue weighted by molar-refractivity contribution is -0.203. The summed E-state index contributed by atoms with van der Waals surface area (Å²) in [5.74, 6) is 3.48. The van der Waals surface area contributed by atoms with Crippen molar-refractivity contribution in [2.75, 3.05) is 32.8 Å². The van der Waals surface area contributed by atoms with Gasteiger partial charge in [0.2, 0.25) is 0 Å². The molecule has 0 bridgehead atoms. The molecule has 42 heavy (non-hydrogen) atoms. The van der Waals surface area contributed by atoms with Crippen LogP contribution in [0.1, 0.15) is 118 Å². The van der Waals surface area contributed by atoms with E-state index in [0.29, 0.717) is 54.1 Å². The molecule has 6 heteroatoms. The van der Waals surface area contributed by atoms with Crippen molar-refractivity contribution in [1.29, 1.82) is 0 Å². The molecule has 2 saturated heterocycles. The quantitative estimate of drug-likeness (QED) is 0.361. The van der Waals surface area contributed by atoms with Crippen LogP contribution < -0.4 is 0 Å². The minimum Gasteiger partial charge on any atom is -0.449 e. The SMILES string of the molecule is CC[C@@H]1C2C[C@H](O)CC[C@@]2(C)C2CCC3(C)C([C@H](C)CCOC(=O)N4CCC(N5CCCCC5)CC4)CC[C@H]3C2[C@@H]1O. The van der Waals surface area contributed by atoms with Gasteiger partial charge in [0.1, 0.15) is 0 Å². The van der Waals surface area contributed by atoms with E-state index in [1.807, 2.05) is 4.90 Å². The van der Waals surface area contributed by atoms with E-state index in [2.05, 4.69) is 32.6 Å². The molecule has 0 aromatic rings. The first-order chi connectivity index (χ1) is 20.2. The fourth-order valence-corrected chi connectivity index (χ4v) is 12.3. The first kappa shape index (κ1) is 31.1. The van der Waals surface area contributed by atoms with Crippen LogP contribution in [-0.4, -0.2) is 77.1 Å². The molecule has 0 aromatic heterocycles. The van der Waals surface area contributed by atoms with Crippen LogP contribution in [0.5, 0.6) is 0 Å². The van der Waals surface area contributed by atoms with Gasteiger partial charge in [0.15, 0.2) is 0 Å². The van der Waals surface area contributed by atoms with Crippen molar-refractivity contribution >= 4 is 6.09 Å².